The van der Waals surface area contributed by atoms with E-state index in [-0.39, 0.29) is 0 Å². The Morgan fingerprint density at radius 2 is 2.09 bits per heavy atom. The molecule has 0 aliphatic heterocycles. The molecular formula is C10H19N. The van der Waals surface area contributed by atoms with Crippen molar-refractivity contribution in [1.29, 1.82) is 0 Å². The fraction of sp³-hybridized carbons (Fsp3) is 1.00. The molecule has 0 amide bonds. The molecule has 11 heavy (non-hydrogen) atoms. The van der Waals surface area contributed by atoms with Crippen LogP contribution in [0.2, 0.25) is 0 Å². The van der Waals surface area contributed by atoms with E-state index in [1.807, 2.05) is 0 Å². The molecule has 2 aliphatic carbocycles. The molecule has 64 valence electrons. The van der Waals surface area contributed by atoms with Gasteiger partial charge in [-0.3, -0.25) is 0 Å². The predicted molar refractivity (Wildman–Crippen MR) is 47.2 cm³/mol. The standard InChI is InChI=1S/C10H19N/c1-7-5-9(7)10(11)6-8-3-2-4-8/h7-10H,2-6,11H2,1H3. The average Bonchev–Trinajstić information content (AvgIpc) is 2.57. The van der Waals surface area contributed by atoms with E-state index in [0.29, 0.717) is 6.04 Å². The molecule has 0 spiro atoms. The van der Waals surface area contributed by atoms with Crippen LogP contribution in [0, 0.1) is 17.8 Å². The van der Waals surface area contributed by atoms with Gasteiger partial charge in [0.05, 0.1) is 0 Å². The van der Waals surface area contributed by atoms with Crippen molar-refractivity contribution < 1.29 is 0 Å². The third-order valence-electron chi connectivity index (χ3n) is 3.55. The van der Waals surface area contributed by atoms with Gasteiger partial charge in [0, 0.05) is 6.04 Å². The van der Waals surface area contributed by atoms with Gasteiger partial charge < -0.3 is 5.73 Å². The fourth-order valence-electron chi connectivity index (χ4n) is 2.24. The number of hydrogen-bond acceptors (Lipinski definition) is 1. The second-order valence-corrected chi connectivity index (χ2v) is 4.57. The highest BCUT2D eigenvalue weighted by atomic mass is 14.7. The van der Waals surface area contributed by atoms with Crippen LogP contribution >= 0.6 is 0 Å². The summed E-state index contributed by atoms with van der Waals surface area (Å²) in [5, 5.41) is 0. The second-order valence-electron chi connectivity index (χ2n) is 4.57. The molecule has 0 saturated heterocycles. The number of nitrogens with two attached hydrogens (primary N) is 1. The van der Waals surface area contributed by atoms with Crippen molar-refractivity contribution >= 4 is 0 Å². The molecule has 0 aromatic heterocycles. The first-order valence-electron chi connectivity index (χ1n) is 5.03. The van der Waals surface area contributed by atoms with E-state index in [1.165, 1.54) is 32.1 Å². The third-order valence-corrected chi connectivity index (χ3v) is 3.55. The highest BCUT2D eigenvalue weighted by molar-refractivity contribution is 4.92. The predicted octanol–water partition coefficient (Wildman–Crippen LogP) is 2.16. The Balaban J connectivity index is 1.68. The van der Waals surface area contributed by atoms with Crippen molar-refractivity contribution in [1.82, 2.24) is 0 Å². The SMILES string of the molecule is CC1CC1C(N)CC1CCC1. The van der Waals surface area contributed by atoms with Gasteiger partial charge in [-0.1, -0.05) is 26.2 Å². The molecule has 2 rings (SSSR count). The van der Waals surface area contributed by atoms with Crippen LogP contribution in [0.15, 0.2) is 0 Å². The van der Waals surface area contributed by atoms with Gasteiger partial charge in [0.1, 0.15) is 0 Å². The lowest BCUT2D eigenvalue weighted by Gasteiger charge is -2.28. The Kier molecular flexibility index (Phi) is 1.92. The maximum Gasteiger partial charge on any atom is 0.00724 e. The van der Waals surface area contributed by atoms with Gasteiger partial charge >= 0.3 is 0 Å². The minimum Gasteiger partial charge on any atom is -0.327 e. The minimum atomic E-state index is 0.537. The van der Waals surface area contributed by atoms with Crippen LogP contribution in [0.4, 0.5) is 0 Å². The third kappa shape index (κ3) is 1.58. The molecule has 2 saturated carbocycles. The van der Waals surface area contributed by atoms with Crippen LogP contribution in [0.3, 0.4) is 0 Å². The summed E-state index contributed by atoms with van der Waals surface area (Å²) in [7, 11) is 0. The van der Waals surface area contributed by atoms with Crippen LogP contribution in [-0.2, 0) is 0 Å². The van der Waals surface area contributed by atoms with Crippen molar-refractivity contribution in [3.05, 3.63) is 0 Å². The molecule has 1 nitrogen and oxygen atoms in total. The molecule has 0 heterocycles. The van der Waals surface area contributed by atoms with Crippen molar-refractivity contribution in [2.45, 2.75) is 45.1 Å². The Hall–Kier alpha value is -0.0400. The van der Waals surface area contributed by atoms with Crippen molar-refractivity contribution in [2.75, 3.05) is 0 Å². The van der Waals surface area contributed by atoms with Crippen LogP contribution in [0.1, 0.15) is 39.0 Å². The molecule has 2 N–H and O–H groups in total. The topological polar surface area (TPSA) is 26.0 Å². The van der Waals surface area contributed by atoms with Gasteiger partial charge in [0.2, 0.25) is 0 Å². The largest absolute Gasteiger partial charge is 0.327 e. The van der Waals surface area contributed by atoms with Crippen LogP contribution in [0.25, 0.3) is 0 Å². The zero-order valence-electron chi connectivity index (χ0n) is 7.42. The molecule has 0 bridgehead atoms. The molecule has 1 heteroatoms. The summed E-state index contributed by atoms with van der Waals surface area (Å²) < 4.78 is 0. The van der Waals surface area contributed by atoms with Gasteiger partial charge in [-0.25, -0.2) is 0 Å². The Labute approximate surface area is 69.4 Å². The maximum absolute atomic E-state index is 6.08. The zero-order valence-corrected chi connectivity index (χ0v) is 7.42. The van der Waals surface area contributed by atoms with E-state index in [2.05, 4.69) is 6.92 Å². The van der Waals surface area contributed by atoms with E-state index >= 15 is 0 Å². The van der Waals surface area contributed by atoms with E-state index in [1.54, 1.807) is 0 Å². The van der Waals surface area contributed by atoms with E-state index in [9.17, 15) is 0 Å². The molecule has 3 unspecified atom stereocenters. The quantitative estimate of drug-likeness (QED) is 0.660. The molecule has 3 atom stereocenters. The average molecular weight is 153 g/mol. The Morgan fingerprint density at radius 1 is 1.45 bits per heavy atom. The first kappa shape index (κ1) is 7.60. The summed E-state index contributed by atoms with van der Waals surface area (Å²) in [6.45, 7) is 2.32. The van der Waals surface area contributed by atoms with Crippen LogP contribution < -0.4 is 5.73 Å². The van der Waals surface area contributed by atoms with Gasteiger partial charge in [-0.2, -0.15) is 0 Å². The second kappa shape index (κ2) is 2.78. The zero-order chi connectivity index (χ0) is 7.84. The highest BCUT2D eigenvalue weighted by Gasteiger charge is 2.38. The lowest BCUT2D eigenvalue weighted by molar-refractivity contribution is 0.265. The molecular weight excluding hydrogens is 134 g/mol. The van der Waals surface area contributed by atoms with E-state index in [0.717, 1.165) is 17.8 Å². The first-order chi connectivity index (χ1) is 5.27. The Morgan fingerprint density at radius 3 is 2.45 bits per heavy atom. The lowest BCUT2D eigenvalue weighted by atomic mass is 9.80. The van der Waals surface area contributed by atoms with Crippen molar-refractivity contribution in [3.63, 3.8) is 0 Å². The lowest BCUT2D eigenvalue weighted by Crippen LogP contribution is -2.28. The van der Waals surface area contributed by atoms with Crippen molar-refractivity contribution in [2.24, 2.45) is 23.5 Å². The molecule has 2 fully saturated rings. The minimum absolute atomic E-state index is 0.537. The monoisotopic (exact) mass is 153 g/mol. The summed E-state index contributed by atoms with van der Waals surface area (Å²) in [6.07, 6.45) is 7.07. The summed E-state index contributed by atoms with van der Waals surface area (Å²) in [5.74, 6) is 2.82. The van der Waals surface area contributed by atoms with Gasteiger partial charge in [-0.05, 0) is 30.6 Å². The fourth-order valence-corrected chi connectivity index (χ4v) is 2.24. The maximum atomic E-state index is 6.08. The highest BCUT2D eigenvalue weighted by Crippen LogP contribution is 2.43. The van der Waals surface area contributed by atoms with Gasteiger partial charge in [0.15, 0.2) is 0 Å². The summed E-state index contributed by atoms with van der Waals surface area (Å²) >= 11 is 0. The smallest absolute Gasteiger partial charge is 0.00724 e. The first-order valence-corrected chi connectivity index (χ1v) is 5.03. The number of hydrogen-bond donors (Lipinski definition) is 1. The van der Waals surface area contributed by atoms with Crippen LogP contribution in [-0.4, -0.2) is 6.04 Å². The number of rotatable bonds is 3. The van der Waals surface area contributed by atoms with Crippen LogP contribution in [0.5, 0.6) is 0 Å². The Bertz CT molecular complexity index is 140. The summed E-state index contributed by atoms with van der Waals surface area (Å²) in [5.41, 5.74) is 6.08. The molecule has 0 radical (unpaired) electrons. The van der Waals surface area contributed by atoms with Crippen molar-refractivity contribution in [3.8, 4) is 0 Å². The molecule has 0 aromatic carbocycles. The molecule has 0 aromatic rings. The van der Waals surface area contributed by atoms with E-state index in [4.69, 9.17) is 5.73 Å². The summed E-state index contributed by atoms with van der Waals surface area (Å²) in [4.78, 5) is 0. The van der Waals surface area contributed by atoms with Gasteiger partial charge in [-0.15, -0.1) is 0 Å². The normalized spacial score (nSPS) is 39.8. The van der Waals surface area contributed by atoms with Gasteiger partial charge in [0.25, 0.3) is 0 Å². The van der Waals surface area contributed by atoms with E-state index < -0.39 is 0 Å². The summed E-state index contributed by atoms with van der Waals surface area (Å²) in [6, 6.07) is 0.537. The molecule has 2 aliphatic rings.